The molecule has 0 aromatic heterocycles. The number of benzene rings is 3. The van der Waals surface area contributed by atoms with Crippen LogP contribution in [-0.2, 0) is 16.1 Å². The number of hydrogen-bond donors (Lipinski definition) is 1. The van der Waals surface area contributed by atoms with Gasteiger partial charge in [-0.15, -0.1) is 11.8 Å². The zero-order chi connectivity index (χ0) is 24.1. The Bertz CT molecular complexity index is 1220. The van der Waals surface area contributed by atoms with Crippen molar-refractivity contribution in [2.24, 2.45) is 0 Å². The number of ether oxygens (including phenoxy) is 1. The number of rotatable bonds is 7. The van der Waals surface area contributed by atoms with E-state index in [1.807, 2.05) is 79.5 Å². The molecule has 0 atom stereocenters. The van der Waals surface area contributed by atoms with Gasteiger partial charge in [0, 0.05) is 36.2 Å². The van der Waals surface area contributed by atoms with Gasteiger partial charge in [0.15, 0.2) is 0 Å². The van der Waals surface area contributed by atoms with Crippen molar-refractivity contribution in [3.05, 3.63) is 101 Å². The monoisotopic (exact) mass is 472 g/mol. The third-order valence-electron chi connectivity index (χ3n) is 5.76. The minimum absolute atomic E-state index is 0.256. The van der Waals surface area contributed by atoms with Crippen LogP contribution < -0.4 is 10.1 Å². The first kappa shape index (κ1) is 23.6. The molecule has 1 aliphatic rings. The maximum Gasteiger partial charge on any atom is 0.274 e. The van der Waals surface area contributed by atoms with E-state index >= 15 is 0 Å². The van der Waals surface area contributed by atoms with Gasteiger partial charge in [0.1, 0.15) is 11.4 Å². The second kappa shape index (κ2) is 10.6. The van der Waals surface area contributed by atoms with E-state index in [2.05, 4.69) is 17.4 Å². The first-order valence-electron chi connectivity index (χ1n) is 11.2. The van der Waals surface area contributed by atoms with Crippen LogP contribution in [0, 0.1) is 6.92 Å². The molecule has 0 aliphatic carbocycles. The number of imide groups is 1. The Morgan fingerprint density at radius 1 is 1.03 bits per heavy atom. The molecule has 0 radical (unpaired) electrons. The maximum atomic E-state index is 13.4. The molecule has 0 bridgehead atoms. The van der Waals surface area contributed by atoms with Crippen LogP contribution in [0.4, 0.5) is 0 Å². The van der Waals surface area contributed by atoms with E-state index in [9.17, 15) is 9.59 Å². The van der Waals surface area contributed by atoms with Gasteiger partial charge in [0.2, 0.25) is 5.91 Å². The molecule has 0 spiro atoms. The van der Waals surface area contributed by atoms with E-state index in [1.165, 1.54) is 5.56 Å². The number of hydrogen-bond acceptors (Lipinski definition) is 5. The second-order valence-corrected chi connectivity index (χ2v) is 9.43. The molecule has 5 nitrogen and oxygen atoms in total. The summed E-state index contributed by atoms with van der Waals surface area (Å²) in [5.41, 5.74) is 5.42. The minimum atomic E-state index is -0.389. The van der Waals surface area contributed by atoms with Gasteiger partial charge in [-0.1, -0.05) is 54.1 Å². The van der Waals surface area contributed by atoms with Crippen molar-refractivity contribution >= 4 is 29.1 Å². The average molecular weight is 473 g/mol. The Morgan fingerprint density at radius 3 is 2.47 bits per heavy atom. The summed E-state index contributed by atoms with van der Waals surface area (Å²) in [4.78, 5) is 29.0. The van der Waals surface area contributed by atoms with E-state index < -0.39 is 0 Å². The molecule has 0 unspecified atom stereocenters. The van der Waals surface area contributed by atoms with Crippen LogP contribution in [0.25, 0.3) is 5.57 Å². The summed E-state index contributed by atoms with van der Waals surface area (Å²) in [6.45, 7) is 2.61. The molecule has 34 heavy (non-hydrogen) atoms. The highest BCUT2D eigenvalue weighted by atomic mass is 32.2. The normalized spacial score (nSPS) is 12.9. The van der Waals surface area contributed by atoms with Crippen molar-refractivity contribution in [1.29, 1.82) is 0 Å². The van der Waals surface area contributed by atoms with Crippen LogP contribution in [0.15, 0.2) is 83.4 Å². The Balaban J connectivity index is 1.57. The molecule has 3 aromatic rings. The summed E-state index contributed by atoms with van der Waals surface area (Å²) < 4.78 is 5.45. The topological polar surface area (TPSA) is 58.6 Å². The molecule has 174 valence electrons. The molecule has 3 aromatic carbocycles. The molecular formula is C28H28N2O3S. The lowest BCUT2D eigenvalue weighted by molar-refractivity contribution is -0.128. The Hall–Kier alpha value is -3.51. The van der Waals surface area contributed by atoms with Crippen LogP contribution >= 0.6 is 11.8 Å². The van der Waals surface area contributed by atoms with Crippen LogP contribution in [0.5, 0.6) is 5.75 Å². The zero-order valence-electron chi connectivity index (χ0n) is 19.6. The SMILES string of the molecule is COc1ccc2c(c1)C(c1ccccc1)=C(C(=O)NC(=O)CCSc1ccc(C)cc1)N(C)C2. The lowest BCUT2D eigenvalue weighted by atomic mass is 9.88. The number of nitrogens with one attached hydrogen (secondary N) is 1. The second-order valence-electron chi connectivity index (χ2n) is 8.26. The lowest BCUT2D eigenvalue weighted by Crippen LogP contribution is -2.39. The Kier molecular flexibility index (Phi) is 7.38. The van der Waals surface area contributed by atoms with Gasteiger partial charge in [-0.3, -0.25) is 14.9 Å². The molecule has 1 heterocycles. The summed E-state index contributed by atoms with van der Waals surface area (Å²) in [7, 11) is 3.51. The van der Waals surface area contributed by atoms with Crippen molar-refractivity contribution in [3.8, 4) is 5.75 Å². The van der Waals surface area contributed by atoms with Crippen LogP contribution in [0.1, 0.15) is 28.7 Å². The highest BCUT2D eigenvalue weighted by molar-refractivity contribution is 7.99. The fourth-order valence-electron chi connectivity index (χ4n) is 4.03. The van der Waals surface area contributed by atoms with Gasteiger partial charge < -0.3 is 9.64 Å². The van der Waals surface area contributed by atoms with Crippen molar-refractivity contribution < 1.29 is 14.3 Å². The first-order chi connectivity index (χ1) is 16.5. The molecule has 4 rings (SSSR count). The highest BCUT2D eigenvalue weighted by Crippen LogP contribution is 2.37. The predicted molar refractivity (Wildman–Crippen MR) is 137 cm³/mol. The van der Waals surface area contributed by atoms with Gasteiger partial charge in [-0.25, -0.2) is 0 Å². The van der Waals surface area contributed by atoms with Crippen LogP contribution in [-0.4, -0.2) is 36.6 Å². The average Bonchev–Trinajstić information content (AvgIpc) is 2.84. The summed E-state index contributed by atoms with van der Waals surface area (Å²) in [5, 5.41) is 2.61. The highest BCUT2D eigenvalue weighted by Gasteiger charge is 2.29. The van der Waals surface area contributed by atoms with Crippen LogP contribution in [0.3, 0.4) is 0 Å². The molecule has 1 N–H and O–H groups in total. The quantitative estimate of drug-likeness (QED) is 0.489. The fraction of sp³-hybridized carbons (Fsp3) is 0.214. The maximum absolute atomic E-state index is 13.4. The van der Waals surface area contributed by atoms with Crippen molar-refractivity contribution in [2.45, 2.75) is 24.8 Å². The largest absolute Gasteiger partial charge is 0.497 e. The summed E-state index contributed by atoms with van der Waals surface area (Å²) in [6, 6.07) is 23.9. The van der Waals surface area contributed by atoms with Crippen molar-refractivity contribution in [1.82, 2.24) is 10.2 Å². The molecule has 0 saturated carbocycles. The molecule has 0 saturated heterocycles. The number of methoxy groups -OCH3 is 1. The third-order valence-corrected chi connectivity index (χ3v) is 6.78. The van der Waals surface area contributed by atoms with Gasteiger partial charge in [-0.2, -0.15) is 0 Å². The summed E-state index contributed by atoms with van der Waals surface area (Å²) >= 11 is 1.60. The van der Waals surface area contributed by atoms with E-state index in [1.54, 1.807) is 18.9 Å². The summed E-state index contributed by atoms with van der Waals surface area (Å²) in [6.07, 6.45) is 0.256. The van der Waals surface area contributed by atoms with Gasteiger partial charge in [-0.05, 0) is 47.9 Å². The minimum Gasteiger partial charge on any atom is -0.497 e. The number of aryl methyl sites for hydroxylation is 1. The third kappa shape index (κ3) is 5.34. The number of carbonyl (C=O) groups excluding carboxylic acids is 2. The fourth-order valence-corrected chi connectivity index (χ4v) is 4.89. The molecule has 2 amide bonds. The molecule has 0 fully saturated rings. The van der Waals surface area contributed by atoms with Crippen LogP contribution in [0.2, 0.25) is 0 Å². The zero-order valence-corrected chi connectivity index (χ0v) is 20.4. The number of carbonyl (C=O) groups is 2. The van der Waals surface area contributed by atoms with Crippen molar-refractivity contribution in [2.75, 3.05) is 19.9 Å². The molecular weight excluding hydrogens is 444 g/mol. The Labute approximate surface area is 204 Å². The lowest BCUT2D eigenvalue weighted by Gasteiger charge is -2.32. The van der Waals surface area contributed by atoms with E-state index in [4.69, 9.17) is 4.74 Å². The van der Waals surface area contributed by atoms with E-state index in [0.29, 0.717) is 18.0 Å². The van der Waals surface area contributed by atoms with E-state index in [0.717, 1.165) is 32.9 Å². The smallest absolute Gasteiger partial charge is 0.274 e. The molecule has 6 heteroatoms. The number of likely N-dealkylation sites (N-methyl/N-ethyl adjacent to an activating group) is 1. The standard InChI is InChI=1S/C28H28N2O3S/c1-19-9-13-23(14-10-19)34-16-15-25(31)29-28(32)27-26(20-7-5-4-6-8-20)24-17-22(33-3)12-11-21(24)18-30(27)2/h4-14,17H,15-16,18H2,1-3H3,(H,29,31,32). The number of amides is 2. The van der Waals surface area contributed by atoms with Crippen molar-refractivity contribution in [3.63, 3.8) is 0 Å². The summed E-state index contributed by atoms with van der Waals surface area (Å²) in [5.74, 6) is 0.651. The van der Waals surface area contributed by atoms with Gasteiger partial charge in [0.25, 0.3) is 5.91 Å². The Morgan fingerprint density at radius 2 is 1.76 bits per heavy atom. The molecule has 1 aliphatic heterocycles. The van der Waals surface area contributed by atoms with E-state index in [-0.39, 0.29) is 18.2 Å². The predicted octanol–water partition coefficient (Wildman–Crippen LogP) is 5.03. The number of nitrogens with zero attached hydrogens (tertiary/aromatic N) is 1. The van der Waals surface area contributed by atoms with Gasteiger partial charge >= 0.3 is 0 Å². The number of thioether (sulfide) groups is 1. The first-order valence-corrected chi connectivity index (χ1v) is 12.2. The van der Waals surface area contributed by atoms with Gasteiger partial charge in [0.05, 0.1) is 7.11 Å². The number of fused-ring (bicyclic) bond motifs is 1.